The molecule has 2 aromatic heterocycles. The Hall–Kier alpha value is -4.31. The minimum atomic E-state index is -1.14. The molecule has 0 bridgehead atoms. The second kappa shape index (κ2) is 7.99. The molecule has 0 radical (unpaired) electrons. The second-order valence-corrected chi connectivity index (χ2v) is 8.21. The van der Waals surface area contributed by atoms with Gasteiger partial charge >= 0.3 is 5.97 Å². The van der Waals surface area contributed by atoms with Gasteiger partial charge in [-0.3, -0.25) is 4.79 Å². The van der Waals surface area contributed by atoms with Crippen molar-refractivity contribution in [2.24, 2.45) is 5.73 Å². The summed E-state index contributed by atoms with van der Waals surface area (Å²) >= 11 is 1.05. The number of halogens is 1. The first-order valence-corrected chi connectivity index (χ1v) is 10.7. The minimum absolute atomic E-state index is 0.0187. The SMILES string of the molecule is NC(=O)c1nc(-c2ccccc2)c(N2c3c(C(=O)O)ccnc3NC2c2ccc(F)cc2)s1. The van der Waals surface area contributed by atoms with Gasteiger partial charge in [0.25, 0.3) is 5.91 Å². The largest absolute Gasteiger partial charge is 0.478 e. The highest BCUT2D eigenvalue weighted by molar-refractivity contribution is 7.18. The molecule has 5 rings (SSSR count). The van der Waals surface area contributed by atoms with E-state index in [0.29, 0.717) is 27.8 Å². The fourth-order valence-electron chi connectivity index (χ4n) is 3.76. The lowest BCUT2D eigenvalue weighted by atomic mass is 10.1. The van der Waals surface area contributed by atoms with Crippen molar-refractivity contribution in [1.82, 2.24) is 9.97 Å². The molecular weight excluding hydrogens is 445 g/mol. The van der Waals surface area contributed by atoms with Crippen LogP contribution in [0.1, 0.15) is 31.9 Å². The average Bonchev–Trinajstić information content (AvgIpc) is 3.42. The Morgan fingerprint density at radius 1 is 1.09 bits per heavy atom. The van der Waals surface area contributed by atoms with Gasteiger partial charge in [0.15, 0.2) is 10.8 Å². The van der Waals surface area contributed by atoms with Gasteiger partial charge in [-0.2, -0.15) is 0 Å². The van der Waals surface area contributed by atoms with E-state index in [-0.39, 0.29) is 10.6 Å². The third-order valence-corrected chi connectivity index (χ3v) is 6.27. The molecule has 1 unspecified atom stereocenters. The number of carbonyl (C=O) groups excluding carboxylic acids is 1. The number of anilines is 3. The summed E-state index contributed by atoms with van der Waals surface area (Å²) in [5.74, 6) is -1.89. The molecule has 1 aliphatic rings. The van der Waals surface area contributed by atoms with Crippen LogP contribution in [0.3, 0.4) is 0 Å². The number of amides is 1. The van der Waals surface area contributed by atoms with Crippen molar-refractivity contribution in [1.29, 1.82) is 0 Å². The molecule has 1 amide bonds. The number of primary amides is 1. The van der Waals surface area contributed by atoms with Gasteiger partial charge in [0.2, 0.25) is 0 Å². The van der Waals surface area contributed by atoms with E-state index in [0.717, 1.165) is 16.9 Å². The third-order valence-electron chi connectivity index (χ3n) is 5.20. The van der Waals surface area contributed by atoms with E-state index in [2.05, 4.69) is 15.3 Å². The number of carbonyl (C=O) groups is 2. The smallest absolute Gasteiger partial charge is 0.338 e. The Balaban J connectivity index is 1.78. The van der Waals surface area contributed by atoms with Crippen molar-refractivity contribution in [2.45, 2.75) is 6.17 Å². The van der Waals surface area contributed by atoms with Crippen molar-refractivity contribution in [3.63, 3.8) is 0 Å². The van der Waals surface area contributed by atoms with Crippen LogP contribution in [0.5, 0.6) is 0 Å². The number of aromatic nitrogens is 2. The van der Waals surface area contributed by atoms with Gasteiger partial charge in [0, 0.05) is 11.8 Å². The lowest BCUT2D eigenvalue weighted by molar-refractivity contribution is 0.0697. The van der Waals surface area contributed by atoms with Crippen LogP contribution in [-0.4, -0.2) is 27.0 Å². The van der Waals surface area contributed by atoms with Crippen LogP contribution in [0, 0.1) is 5.82 Å². The van der Waals surface area contributed by atoms with Gasteiger partial charge in [-0.05, 0) is 23.8 Å². The number of benzene rings is 2. The van der Waals surface area contributed by atoms with Gasteiger partial charge in [-0.15, -0.1) is 0 Å². The highest BCUT2D eigenvalue weighted by Gasteiger charge is 2.38. The fraction of sp³-hybridized carbons (Fsp3) is 0.0435. The molecule has 1 atom stereocenters. The number of nitrogens with zero attached hydrogens (tertiary/aromatic N) is 3. The van der Waals surface area contributed by atoms with Gasteiger partial charge in [0.1, 0.15) is 28.4 Å². The number of hydrogen-bond acceptors (Lipinski definition) is 7. The van der Waals surface area contributed by atoms with Crippen molar-refractivity contribution < 1.29 is 19.1 Å². The first-order chi connectivity index (χ1) is 15.9. The molecule has 0 aliphatic carbocycles. The first-order valence-electron chi connectivity index (χ1n) is 9.83. The Kier molecular flexibility index (Phi) is 4.98. The van der Waals surface area contributed by atoms with E-state index in [9.17, 15) is 19.1 Å². The second-order valence-electron chi connectivity index (χ2n) is 7.23. The summed E-state index contributed by atoms with van der Waals surface area (Å²) < 4.78 is 13.6. The zero-order valence-electron chi connectivity index (χ0n) is 16.9. The molecule has 33 heavy (non-hydrogen) atoms. The molecule has 3 heterocycles. The third kappa shape index (κ3) is 3.56. The molecule has 4 N–H and O–H groups in total. The maximum atomic E-state index is 13.6. The molecule has 0 saturated heterocycles. The van der Waals surface area contributed by atoms with Crippen LogP contribution in [0.2, 0.25) is 0 Å². The molecule has 1 aliphatic heterocycles. The zero-order chi connectivity index (χ0) is 23.1. The molecule has 2 aromatic carbocycles. The summed E-state index contributed by atoms with van der Waals surface area (Å²) in [5.41, 5.74) is 7.73. The molecule has 0 fully saturated rings. The molecule has 8 nitrogen and oxygen atoms in total. The standard InChI is InChI=1S/C23H16FN5O3S/c24-14-8-6-13(7-9-14)20-28-19-17(15(23(31)32)10-11-26-19)29(20)22-16(12-4-2-1-3-5-12)27-21(33-22)18(25)30/h1-11,20H,(H2,25,30)(H,26,28)(H,31,32). The van der Waals surface area contributed by atoms with Crippen LogP contribution in [-0.2, 0) is 0 Å². The number of carboxylic acids is 1. The number of nitrogens with one attached hydrogen (secondary N) is 1. The number of carboxylic acid groups (broad SMARTS) is 1. The Morgan fingerprint density at radius 3 is 2.48 bits per heavy atom. The highest BCUT2D eigenvalue weighted by Crippen LogP contribution is 2.51. The van der Waals surface area contributed by atoms with Gasteiger partial charge in [-0.25, -0.2) is 19.2 Å². The number of fused-ring (bicyclic) bond motifs is 1. The molecule has 164 valence electrons. The molecular formula is C23H16FN5O3S. The van der Waals surface area contributed by atoms with Crippen molar-refractivity contribution in [3.8, 4) is 11.3 Å². The Labute approximate surface area is 191 Å². The number of hydrogen-bond donors (Lipinski definition) is 3. The lowest BCUT2D eigenvalue weighted by Crippen LogP contribution is -2.24. The van der Waals surface area contributed by atoms with E-state index in [1.54, 1.807) is 17.0 Å². The predicted molar refractivity (Wildman–Crippen MR) is 122 cm³/mol. The summed E-state index contributed by atoms with van der Waals surface area (Å²) in [6, 6.07) is 16.4. The topological polar surface area (TPSA) is 121 Å². The van der Waals surface area contributed by atoms with Crippen LogP contribution >= 0.6 is 11.3 Å². The number of rotatable bonds is 5. The van der Waals surface area contributed by atoms with Gasteiger partial charge in [-0.1, -0.05) is 53.8 Å². The summed E-state index contributed by atoms with van der Waals surface area (Å²) in [6.07, 6.45) is 0.775. The van der Waals surface area contributed by atoms with E-state index in [4.69, 9.17) is 5.73 Å². The van der Waals surface area contributed by atoms with E-state index < -0.39 is 23.9 Å². The number of thiazole rings is 1. The summed E-state index contributed by atoms with van der Waals surface area (Å²) in [4.78, 5) is 34.6. The maximum Gasteiger partial charge on any atom is 0.338 e. The first kappa shape index (κ1) is 20.6. The normalized spacial score (nSPS) is 14.6. The summed E-state index contributed by atoms with van der Waals surface area (Å²) in [6.45, 7) is 0. The van der Waals surface area contributed by atoms with Crippen molar-refractivity contribution in [3.05, 3.63) is 88.8 Å². The number of aromatic carboxylic acids is 1. The van der Waals surface area contributed by atoms with E-state index >= 15 is 0 Å². The zero-order valence-corrected chi connectivity index (χ0v) is 17.7. The maximum absolute atomic E-state index is 13.6. The summed E-state index contributed by atoms with van der Waals surface area (Å²) in [7, 11) is 0. The Bertz CT molecular complexity index is 1370. The van der Waals surface area contributed by atoms with Crippen LogP contribution in [0.25, 0.3) is 11.3 Å². The lowest BCUT2D eigenvalue weighted by Gasteiger charge is -2.27. The number of pyridine rings is 1. The molecule has 0 spiro atoms. The highest BCUT2D eigenvalue weighted by atomic mass is 32.1. The molecule has 10 heteroatoms. The van der Waals surface area contributed by atoms with Crippen LogP contribution < -0.4 is 16.0 Å². The molecule has 4 aromatic rings. The van der Waals surface area contributed by atoms with Crippen molar-refractivity contribution >= 4 is 39.7 Å². The van der Waals surface area contributed by atoms with E-state index in [1.807, 2.05) is 30.3 Å². The molecule has 0 saturated carbocycles. The average molecular weight is 461 g/mol. The number of nitrogens with two attached hydrogens (primary N) is 1. The van der Waals surface area contributed by atoms with E-state index in [1.165, 1.54) is 24.4 Å². The summed E-state index contributed by atoms with van der Waals surface area (Å²) in [5, 5.41) is 13.7. The van der Waals surface area contributed by atoms with Crippen LogP contribution in [0.15, 0.2) is 66.9 Å². The Morgan fingerprint density at radius 2 is 1.82 bits per heavy atom. The van der Waals surface area contributed by atoms with Gasteiger partial charge in [0.05, 0.1) is 5.56 Å². The van der Waals surface area contributed by atoms with Crippen molar-refractivity contribution in [2.75, 3.05) is 10.2 Å². The fourth-order valence-corrected chi connectivity index (χ4v) is 4.74. The quantitative estimate of drug-likeness (QED) is 0.403. The predicted octanol–water partition coefficient (Wildman–Crippen LogP) is 4.40. The van der Waals surface area contributed by atoms with Crippen LogP contribution in [0.4, 0.5) is 20.9 Å². The minimum Gasteiger partial charge on any atom is -0.478 e. The van der Waals surface area contributed by atoms with Gasteiger partial charge < -0.3 is 21.1 Å². The monoisotopic (exact) mass is 461 g/mol.